The van der Waals surface area contributed by atoms with Gasteiger partial charge in [0.25, 0.3) is 0 Å². The molecule has 0 saturated heterocycles. The molecule has 0 saturated carbocycles. The van der Waals surface area contributed by atoms with Crippen LogP contribution in [-0.4, -0.2) is 52.8 Å². The van der Waals surface area contributed by atoms with Crippen molar-refractivity contribution in [1.29, 1.82) is 0 Å². The second-order valence-corrected chi connectivity index (χ2v) is 6.56. The zero-order chi connectivity index (χ0) is 20.5. The topological polar surface area (TPSA) is 55.3 Å². The van der Waals surface area contributed by atoms with E-state index in [1.807, 2.05) is 19.2 Å². The normalized spacial score (nSPS) is 10.8. The molecule has 0 fully saturated rings. The predicted octanol–water partition coefficient (Wildman–Crippen LogP) is 3.89. The van der Waals surface area contributed by atoms with Crippen LogP contribution >= 0.6 is 24.0 Å². The summed E-state index contributed by atoms with van der Waals surface area (Å²) in [7, 11) is 8.70. The lowest BCUT2D eigenvalue weighted by atomic mass is 10.1. The largest absolute Gasteiger partial charge is 0.493 e. The minimum atomic E-state index is 0. The van der Waals surface area contributed by atoms with E-state index >= 15 is 0 Å². The number of methoxy groups -OCH3 is 3. The van der Waals surface area contributed by atoms with Crippen molar-refractivity contribution in [2.75, 3.05) is 42.0 Å². The Morgan fingerprint density at radius 3 is 2.17 bits per heavy atom. The molecule has 0 spiro atoms. The molecule has 0 aliphatic carbocycles. The maximum absolute atomic E-state index is 5.56. The Balaban J connectivity index is 0.00000420. The maximum Gasteiger partial charge on any atom is 0.203 e. The number of hydrogen-bond acceptors (Lipinski definition) is 4. The molecule has 2 aromatic rings. The lowest BCUT2D eigenvalue weighted by Crippen LogP contribution is -2.39. The third-order valence-electron chi connectivity index (χ3n) is 4.58. The third-order valence-corrected chi connectivity index (χ3v) is 4.58. The minimum absolute atomic E-state index is 0. The molecule has 0 radical (unpaired) electrons. The number of rotatable bonds is 8. The Bertz CT molecular complexity index is 795. The van der Waals surface area contributed by atoms with Crippen LogP contribution in [0, 0.1) is 6.92 Å². The molecule has 0 aliphatic rings. The lowest BCUT2D eigenvalue weighted by Gasteiger charge is -2.22. The van der Waals surface area contributed by atoms with Gasteiger partial charge in [0.05, 0.1) is 21.3 Å². The fourth-order valence-corrected chi connectivity index (χ4v) is 3.10. The Labute approximate surface area is 191 Å². The fraction of sp³-hybridized carbons (Fsp3) is 0.409. The van der Waals surface area contributed by atoms with E-state index in [9.17, 15) is 0 Å². The minimum Gasteiger partial charge on any atom is -0.493 e. The molecule has 6 nitrogen and oxygen atoms in total. The van der Waals surface area contributed by atoms with Gasteiger partial charge >= 0.3 is 0 Å². The van der Waals surface area contributed by atoms with E-state index in [0.29, 0.717) is 17.2 Å². The summed E-state index contributed by atoms with van der Waals surface area (Å²) in [6, 6.07) is 12.4. The highest BCUT2D eigenvalue weighted by atomic mass is 127. The van der Waals surface area contributed by atoms with Gasteiger partial charge in [-0.05, 0) is 25.0 Å². The van der Waals surface area contributed by atoms with Crippen LogP contribution in [0.1, 0.15) is 16.7 Å². The number of ether oxygens (including phenoxy) is 3. The molecule has 2 aromatic carbocycles. The fourth-order valence-electron chi connectivity index (χ4n) is 3.10. The van der Waals surface area contributed by atoms with Gasteiger partial charge in [-0.1, -0.05) is 35.9 Å². The van der Waals surface area contributed by atoms with Crippen molar-refractivity contribution in [2.24, 2.45) is 4.99 Å². The van der Waals surface area contributed by atoms with E-state index in [4.69, 9.17) is 14.2 Å². The van der Waals surface area contributed by atoms with Crippen LogP contribution < -0.4 is 19.5 Å². The van der Waals surface area contributed by atoms with Crippen LogP contribution in [0.3, 0.4) is 0 Å². The van der Waals surface area contributed by atoms with Gasteiger partial charge in [0.2, 0.25) is 5.75 Å². The van der Waals surface area contributed by atoms with Gasteiger partial charge in [-0.3, -0.25) is 4.99 Å². The second-order valence-electron chi connectivity index (χ2n) is 6.56. The van der Waals surface area contributed by atoms with Gasteiger partial charge in [-0.25, -0.2) is 0 Å². The van der Waals surface area contributed by atoms with Crippen molar-refractivity contribution in [3.05, 3.63) is 53.1 Å². The van der Waals surface area contributed by atoms with Crippen LogP contribution in [-0.2, 0) is 13.0 Å². The first-order valence-electron chi connectivity index (χ1n) is 9.29. The molecule has 1 N–H and O–H groups in total. The lowest BCUT2D eigenvalue weighted by molar-refractivity contribution is 0.322. The number of halogens is 1. The van der Waals surface area contributed by atoms with Crippen molar-refractivity contribution in [2.45, 2.75) is 19.9 Å². The van der Waals surface area contributed by atoms with Crippen LogP contribution in [0.2, 0.25) is 0 Å². The van der Waals surface area contributed by atoms with Crippen LogP contribution in [0.15, 0.2) is 41.4 Å². The van der Waals surface area contributed by atoms with Crippen molar-refractivity contribution >= 4 is 29.9 Å². The average Bonchev–Trinajstić information content (AvgIpc) is 2.71. The van der Waals surface area contributed by atoms with E-state index in [1.54, 1.807) is 28.4 Å². The first-order valence-corrected chi connectivity index (χ1v) is 9.29. The molecule has 0 aromatic heterocycles. The molecule has 0 bridgehead atoms. The Morgan fingerprint density at radius 2 is 1.62 bits per heavy atom. The van der Waals surface area contributed by atoms with Crippen LogP contribution in [0.4, 0.5) is 0 Å². The van der Waals surface area contributed by atoms with Gasteiger partial charge in [-0.2, -0.15) is 0 Å². The molecule has 2 rings (SSSR count). The summed E-state index contributed by atoms with van der Waals surface area (Å²) in [5, 5.41) is 3.41. The van der Waals surface area contributed by atoms with E-state index in [2.05, 4.69) is 46.4 Å². The summed E-state index contributed by atoms with van der Waals surface area (Å²) in [5.41, 5.74) is 3.56. The molecule has 29 heavy (non-hydrogen) atoms. The van der Waals surface area contributed by atoms with Gasteiger partial charge in [0.1, 0.15) is 0 Å². The quantitative estimate of drug-likeness (QED) is 0.330. The highest BCUT2D eigenvalue weighted by Crippen LogP contribution is 2.39. The monoisotopic (exact) mass is 513 g/mol. The van der Waals surface area contributed by atoms with Crippen LogP contribution in [0.25, 0.3) is 0 Å². The number of benzene rings is 2. The van der Waals surface area contributed by atoms with E-state index in [0.717, 1.165) is 31.0 Å². The van der Waals surface area contributed by atoms with Crippen molar-refractivity contribution in [1.82, 2.24) is 10.2 Å². The number of nitrogens with zero attached hydrogens (tertiary/aromatic N) is 2. The van der Waals surface area contributed by atoms with Crippen molar-refractivity contribution in [3.8, 4) is 17.2 Å². The Hall–Kier alpha value is -2.16. The number of aliphatic imine (C=N–C) groups is 1. The molecular formula is C22H32IN3O3. The van der Waals surface area contributed by atoms with Gasteiger partial charge in [0, 0.05) is 32.7 Å². The molecule has 0 unspecified atom stereocenters. The van der Waals surface area contributed by atoms with Crippen LogP contribution in [0.5, 0.6) is 17.2 Å². The summed E-state index contributed by atoms with van der Waals surface area (Å²) in [6.45, 7) is 3.60. The predicted molar refractivity (Wildman–Crippen MR) is 129 cm³/mol. The van der Waals surface area contributed by atoms with Crippen molar-refractivity contribution < 1.29 is 14.2 Å². The van der Waals surface area contributed by atoms with E-state index in [-0.39, 0.29) is 24.0 Å². The van der Waals surface area contributed by atoms with Gasteiger partial charge in [0.15, 0.2) is 17.5 Å². The zero-order valence-corrected chi connectivity index (χ0v) is 20.4. The molecule has 7 heteroatoms. The van der Waals surface area contributed by atoms with Gasteiger partial charge in [-0.15, -0.1) is 24.0 Å². The second kappa shape index (κ2) is 12.4. The molecule has 0 atom stereocenters. The number of nitrogens with one attached hydrogen (secondary N) is 1. The average molecular weight is 513 g/mol. The third kappa shape index (κ3) is 6.69. The Morgan fingerprint density at radius 1 is 0.966 bits per heavy atom. The zero-order valence-electron chi connectivity index (χ0n) is 18.1. The number of aryl methyl sites for hydroxylation is 1. The molecule has 160 valence electrons. The number of hydrogen-bond donors (Lipinski definition) is 1. The van der Waals surface area contributed by atoms with Crippen molar-refractivity contribution in [3.63, 3.8) is 0 Å². The molecule has 0 aliphatic heterocycles. The number of guanidine groups is 1. The van der Waals surface area contributed by atoms with E-state index in [1.165, 1.54) is 11.1 Å². The molecular weight excluding hydrogens is 481 g/mol. The smallest absolute Gasteiger partial charge is 0.203 e. The maximum atomic E-state index is 5.56. The first kappa shape index (κ1) is 24.9. The summed E-state index contributed by atoms with van der Waals surface area (Å²) >= 11 is 0. The summed E-state index contributed by atoms with van der Waals surface area (Å²) in [5.74, 6) is 2.82. The van der Waals surface area contributed by atoms with E-state index < -0.39 is 0 Å². The molecule has 0 amide bonds. The molecule has 0 heterocycles. The highest BCUT2D eigenvalue weighted by molar-refractivity contribution is 14.0. The highest BCUT2D eigenvalue weighted by Gasteiger charge is 2.16. The SMILES string of the molecule is CN=C(NCCc1ccc(OC)c(OC)c1OC)N(C)Cc1ccc(C)cc1.I. The summed E-state index contributed by atoms with van der Waals surface area (Å²) in [6.07, 6.45) is 0.765. The van der Waals surface area contributed by atoms with Gasteiger partial charge < -0.3 is 24.4 Å². The first-order chi connectivity index (χ1) is 13.5. The summed E-state index contributed by atoms with van der Waals surface area (Å²) < 4.78 is 16.4. The Kier molecular flexibility index (Phi) is 10.6. The summed E-state index contributed by atoms with van der Waals surface area (Å²) in [4.78, 5) is 6.50. The standard InChI is InChI=1S/C22H31N3O3.HI/c1-16-7-9-17(10-8-16)15-25(3)22(23-2)24-14-13-18-11-12-19(26-4)21(28-6)20(18)27-5;/h7-12H,13-15H2,1-6H3,(H,23,24);1H.